The first kappa shape index (κ1) is 18.0. The summed E-state index contributed by atoms with van der Waals surface area (Å²) in [7, 11) is 0. The van der Waals surface area contributed by atoms with Crippen molar-refractivity contribution in [2.45, 2.75) is 26.9 Å². The summed E-state index contributed by atoms with van der Waals surface area (Å²) in [6.45, 7) is 5.15. The van der Waals surface area contributed by atoms with E-state index in [1.54, 1.807) is 17.0 Å². The number of rotatable bonds is 3. The van der Waals surface area contributed by atoms with Gasteiger partial charge in [0.2, 0.25) is 0 Å². The van der Waals surface area contributed by atoms with Crippen molar-refractivity contribution in [1.82, 2.24) is 19.2 Å². The number of hydrogen-bond donors (Lipinski definition) is 0. The Labute approximate surface area is 176 Å². The van der Waals surface area contributed by atoms with Crippen LogP contribution in [0.4, 0.5) is 0 Å². The number of aromatic nitrogens is 3. The fourth-order valence-corrected chi connectivity index (χ4v) is 4.02. The van der Waals surface area contributed by atoms with E-state index in [4.69, 9.17) is 9.52 Å². The van der Waals surface area contributed by atoms with Crippen LogP contribution in [-0.4, -0.2) is 25.2 Å². The minimum atomic E-state index is -0.134. The van der Waals surface area contributed by atoms with Crippen LogP contribution in [0.1, 0.15) is 32.9 Å². The largest absolute Gasteiger partial charge is 0.444 e. The third-order valence-electron chi connectivity index (χ3n) is 5.38. The van der Waals surface area contributed by atoms with Gasteiger partial charge in [0.15, 0.2) is 10.4 Å². The Balaban J connectivity index is 1.56. The summed E-state index contributed by atoms with van der Waals surface area (Å²) in [6, 6.07) is 13.7. The number of furan rings is 1. The molecule has 1 aliphatic rings. The zero-order valence-electron chi connectivity index (χ0n) is 16.1. The number of amides is 1. The van der Waals surface area contributed by atoms with Gasteiger partial charge in [0.25, 0.3) is 5.91 Å². The molecule has 0 saturated heterocycles. The molecule has 0 aliphatic carbocycles. The monoisotopic (exact) mass is 450 g/mol. The minimum absolute atomic E-state index is 0.134. The second kappa shape index (κ2) is 6.77. The zero-order valence-corrected chi connectivity index (χ0v) is 17.7. The molecule has 0 bridgehead atoms. The van der Waals surface area contributed by atoms with Crippen LogP contribution < -0.4 is 0 Å². The normalized spacial score (nSPS) is 13.1. The highest BCUT2D eigenvalue weighted by Gasteiger charge is 2.32. The third kappa shape index (κ3) is 3.02. The number of halogens is 1. The Morgan fingerprint density at radius 1 is 1.07 bits per heavy atom. The highest BCUT2D eigenvalue weighted by atomic mass is 79.9. The first-order valence-corrected chi connectivity index (χ1v) is 10.2. The van der Waals surface area contributed by atoms with Gasteiger partial charge in [0, 0.05) is 18.0 Å². The molecule has 29 heavy (non-hydrogen) atoms. The molecular formula is C22H19BrN4O2. The van der Waals surface area contributed by atoms with Crippen molar-refractivity contribution in [3.05, 3.63) is 87.7 Å². The lowest BCUT2D eigenvalue weighted by atomic mass is 10.1. The second-order valence-corrected chi connectivity index (χ2v) is 8.07. The van der Waals surface area contributed by atoms with Gasteiger partial charge in [-0.3, -0.25) is 4.79 Å². The molecule has 1 aliphatic heterocycles. The molecule has 0 N–H and O–H groups in total. The topological polar surface area (TPSA) is 56.2 Å². The molecule has 5 rings (SSSR count). The first-order chi connectivity index (χ1) is 14.0. The minimum Gasteiger partial charge on any atom is -0.444 e. The average molecular weight is 451 g/mol. The SMILES string of the molecule is Cc1ccc(-n2nc3c(c2-n2cccc2)CN(C(=O)c2ccc(Br)o2)C3)cc1C. The molecule has 146 valence electrons. The summed E-state index contributed by atoms with van der Waals surface area (Å²) in [4.78, 5) is 14.6. The highest BCUT2D eigenvalue weighted by molar-refractivity contribution is 9.10. The maximum absolute atomic E-state index is 12.8. The molecule has 4 aromatic rings. The molecule has 6 nitrogen and oxygen atoms in total. The van der Waals surface area contributed by atoms with Gasteiger partial charge >= 0.3 is 0 Å². The fourth-order valence-electron chi connectivity index (χ4n) is 3.71. The van der Waals surface area contributed by atoms with Gasteiger partial charge in [0.1, 0.15) is 5.82 Å². The van der Waals surface area contributed by atoms with Crippen molar-refractivity contribution in [1.29, 1.82) is 0 Å². The van der Waals surface area contributed by atoms with Crippen LogP contribution in [0.5, 0.6) is 0 Å². The molecule has 0 radical (unpaired) electrons. The number of carbonyl (C=O) groups excluding carboxylic acids is 1. The number of nitrogens with zero attached hydrogens (tertiary/aromatic N) is 4. The second-order valence-electron chi connectivity index (χ2n) is 7.28. The predicted molar refractivity (Wildman–Crippen MR) is 112 cm³/mol. The van der Waals surface area contributed by atoms with Crippen LogP contribution in [0, 0.1) is 13.8 Å². The van der Waals surface area contributed by atoms with Crippen molar-refractivity contribution in [3.8, 4) is 11.5 Å². The third-order valence-corrected chi connectivity index (χ3v) is 5.81. The van der Waals surface area contributed by atoms with E-state index in [2.05, 4.69) is 52.5 Å². The van der Waals surface area contributed by atoms with Crippen molar-refractivity contribution < 1.29 is 9.21 Å². The first-order valence-electron chi connectivity index (χ1n) is 9.37. The average Bonchev–Trinajstić information content (AvgIpc) is 3.46. The maximum Gasteiger partial charge on any atom is 0.290 e. The van der Waals surface area contributed by atoms with Gasteiger partial charge in [-0.05, 0) is 77.3 Å². The molecule has 0 unspecified atom stereocenters. The summed E-state index contributed by atoms with van der Waals surface area (Å²) >= 11 is 3.26. The number of fused-ring (bicyclic) bond motifs is 1. The van der Waals surface area contributed by atoms with E-state index in [1.165, 1.54) is 11.1 Å². The lowest BCUT2D eigenvalue weighted by Crippen LogP contribution is -2.26. The lowest BCUT2D eigenvalue weighted by molar-refractivity contribution is 0.0715. The van der Waals surface area contributed by atoms with E-state index in [0.717, 1.165) is 22.8 Å². The predicted octanol–water partition coefficient (Wildman–Crippen LogP) is 4.79. The van der Waals surface area contributed by atoms with E-state index in [-0.39, 0.29) is 5.91 Å². The molecule has 1 amide bonds. The quantitative estimate of drug-likeness (QED) is 0.450. The number of benzene rings is 1. The van der Waals surface area contributed by atoms with Gasteiger partial charge in [0.05, 0.1) is 24.5 Å². The Bertz CT molecular complexity index is 1220. The van der Waals surface area contributed by atoms with Crippen LogP contribution in [-0.2, 0) is 13.1 Å². The van der Waals surface area contributed by atoms with Crippen molar-refractivity contribution >= 4 is 21.8 Å². The van der Waals surface area contributed by atoms with E-state index >= 15 is 0 Å². The Kier molecular flexibility index (Phi) is 4.20. The number of carbonyl (C=O) groups is 1. The van der Waals surface area contributed by atoms with Gasteiger partial charge in [-0.25, -0.2) is 4.68 Å². The summed E-state index contributed by atoms with van der Waals surface area (Å²) in [5.74, 6) is 1.15. The molecule has 3 aromatic heterocycles. The summed E-state index contributed by atoms with van der Waals surface area (Å²) in [5, 5.41) is 4.88. The molecule has 1 aromatic carbocycles. The van der Waals surface area contributed by atoms with E-state index in [0.29, 0.717) is 23.5 Å². The van der Waals surface area contributed by atoms with Crippen LogP contribution in [0.15, 0.2) is 63.9 Å². The van der Waals surface area contributed by atoms with Gasteiger partial charge < -0.3 is 13.9 Å². The molecule has 0 spiro atoms. The molecule has 0 fully saturated rings. The maximum atomic E-state index is 12.8. The molecular weight excluding hydrogens is 432 g/mol. The smallest absolute Gasteiger partial charge is 0.290 e. The van der Waals surface area contributed by atoms with E-state index in [1.807, 2.05) is 29.2 Å². The summed E-state index contributed by atoms with van der Waals surface area (Å²) in [6.07, 6.45) is 4.01. The highest BCUT2D eigenvalue weighted by Crippen LogP contribution is 2.32. The standard InChI is InChI=1S/C22H19BrN4O2/c1-14-5-6-16(11-15(14)2)27-21(25-9-3-4-10-25)17-12-26(13-18(17)24-27)22(28)19-7-8-20(23)29-19/h3-11H,12-13H2,1-2H3. The number of aryl methyl sites for hydroxylation is 2. The van der Waals surface area contributed by atoms with E-state index in [9.17, 15) is 4.79 Å². The Hall–Kier alpha value is -3.06. The van der Waals surface area contributed by atoms with Crippen molar-refractivity contribution in [2.75, 3.05) is 0 Å². The van der Waals surface area contributed by atoms with Crippen LogP contribution in [0.25, 0.3) is 11.5 Å². The van der Waals surface area contributed by atoms with Crippen LogP contribution in [0.3, 0.4) is 0 Å². The van der Waals surface area contributed by atoms with Crippen molar-refractivity contribution in [3.63, 3.8) is 0 Å². The number of hydrogen-bond acceptors (Lipinski definition) is 3. The van der Waals surface area contributed by atoms with Crippen LogP contribution in [0.2, 0.25) is 0 Å². The van der Waals surface area contributed by atoms with Crippen LogP contribution >= 0.6 is 15.9 Å². The zero-order chi connectivity index (χ0) is 20.1. The van der Waals surface area contributed by atoms with Gasteiger partial charge in [-0.2, -0.15) is 5.10 Å². The molecule has 0 saturated carbocycles. The summed E-state index contributed by atoms with van der Waals surface area (Å²) < 4.78 is 10.0. The Morgan fingerprint density at radius 3 is 2.55 bits per heavy atom. The fraction of sp³-hybridized carbons (Fsp3) is 0.182. The van der Waals surface area contributed by atoms with Gasteiger partial charge in [-0.15, -0.1) is 0 Å². The van der Waals surface area contributed by atoms with Gasteiger partial charge in [-0.1, -0.05) is 6.07 Å². The summed E-state index contributed by atoms with van der Waals surface area (Å²) in [5.41, 5.74) is 5.44. The van der Waals surface area contributed by atoms with E-state index < -0.39 is 0 Å². The lowest BCUT2D eigenvalue weighted by Gasteiger charge is -2.16. The Morgan fingerprint density at radius 2 is 1.86 bits per heavy atom. The molecule has 4 heterocycles. The molecule has 0 atom stereocenters. The molecule has 7 heteroatoms. The van der Waals surface area contributed by atoms with Crippen molar-refractivity contribution in [2.24, 2.45) is 0 Å².